The first-order valence-corrected chi connectivity index (χ1v) is 10.4. The Labute approximate surface area is 180 Å². The Morgan fingerprint density at radius 1 is 1.10 bits per heavy atom. The number of rotatable bonds is 3. The van der Waals surface area contributed by atoms with Crippen molar-refractivity contribution in [2.75, 3.05) is 17.2 Å². The van der Waals surface area contributed by atoms with Gasteiger partial charge in [0.05, 0.1) is 0 Å². The largest absolute Gasteiger partial charge is 0.368 e. The third-order valence-electron chi connectivity index (χ3n) is 4.55. The van der Waals surface area contributed by atoms with Crippen LogP contribution in [-0.2, 0) is 14.4 Å². The summed E-state index contributed by atoms with van der Waals surface area (Å²) in [4.78, 5) is 49.5. The van der Waals surface area contributed by atoms with Gasteiger partial charge in [-0.25, -0.2) is 0 Å². The first kappa shape index (κ1) is 23.6. The molecule has 1 aromatic heterocycles. The highest BCUT2D eigenvalue weighted by molar-refractivity contribution is 6.28. The number of fused-ring (bicyclic) bond motifs is 2. The standard InChI is InChI=1S/C18H29ClN8O3/c1-9(2)8-12-15(30)23-11(13(20)28)6-4-5-7-21-17-25-16(19)26-18(27-17)22-10(3)14(29)24-12/h9-12H,4-8H2,1-3H3,(H2,20,28)(H,23,30)(H,24,29)(H2,21,22,25,26,27)/t10-,11+,12-/m0/s1. The highest BCUT2D eigenvalue weighted by Crippen LogP contribution is 2.13. The summed E-state index contributed by atoms with van der Waals surface area (Å²) in [5.74, 6) is -0.928. The fourth-order valence-corrected chi connectivity index (χ4v) is 3.14. The fraction of sp³-hybridized carbons (Fsp3) is 0.667. The summed E-state index contributed by atoms with van der Waals surface area (Å²) in [6.45, 7) is 6.01. The van der Waals surface area contributed by atoms with Gasteiger partial charge in [0, 0.05) is 6.54 Å². The van der Waals surface area contributed by atoms with E-state index in [1.165, 1.54) is 0 Å². The molecule has 6 N–H and O–H groups in total. The van der Waals surface area contributed by atoms with Gasteiger partial charge in [-0.2, -0.15) is 15.0 Å². The van der Waals surface area contributed by atoms with Crippen LogP contribution in [0.3, 0.4) is 0 Å². The zero-order valence-electron chi connectivity index (χ0n) is 17.4. The fourth-order valence-electron chi connectivity index (χ4n) is 2.98. The van der Waals surface area contributed by atoms with Gasteiger partial charge in [-0.15, -0.1) is 0 Å². The zero-order valence-corrected chi connectivity index (χ0v) is 18.1. The van der Waals surface area contributed by atoms with Crippen molar-refractivity contribution in [3.8, 4) is 0 Å². The second kappa shape index (κ2) is 10.9. The van der Waals surface area contributed by atoms with Crippen molar-refractivity contribution >= 4 is 41.2 Å². The van der Waals surface area contributed by atoms with E-state index in [-0.39, 0.29) is 23.1 Å². The molecule has 0 aromatic carbocycles. The Balaban J connectivity index is 2.27. The highest BCUT2D eigenvalue weighted by atomic mass is 35.5. The van der Waals surface area contributed by atoms with Crippen LogP contribution in [0.4, 0.5) is 11.9 Å². The number of amides is 3. The smallest absolute Gasteiger partial charge is 0.243 e. The van der Waals surface area contributed by atoms with Gasteiger partial charge in [0.15, 0.2) is 0 Å². The minimum absolute atomic E-state index is 0.0189. The van der Waals surface area contributed by atoms with E-state index >= 15 is 0 Å². The van der Waals surface area contributed by atoms with Crippen LogP contribution in [0.15, 0.2) is 0 Å². The van der Waals surface area contributed by atoms with E-state index < -0.39 is 35.8 Å². The monoisotopic (exact) mass is 440 g/mol. The average Bonchev–Trinajstić information content (AvgIpc) is 2.64. The molecule has 2 heterocycles. The predicted octanol–water partition coefficient (Wildman–Crippen LogP) is 0.422. The van der Waals surface area contributed by atoms with Crippen LogP contribution in [0.2, 0.25) is 5.28 Å². The van der Waals surface area contributed by atoms with E-state index in [0.717, 1.165) is 0 Å². The van der Waals surface area contributed by atoms with Crippen molar-refractivity contribution in [3.05, 3.63) is 5.28 Å². The van der Waals surface area contributed by atoms with Crippen molar-refractivity contribution in [1.82, 2.24) is 25.6 Å². The average molecular weight is 441 g/mol. The maximum Gasteiger partial charge on any atom is 0.243 e. The number of anilines is 2. The van der Waals surface area contributed by atoms with E-state index in [1.54, 1.807) is 6.92 Å². The minimum atomic E-state index is -0.814. The number of carbonyl (C=O) groups excluding carboxylic acids is 3. The minimum Gasteiger partial charge on any atom is -0.368 e. The molecule has 0 unspecified atom stereocenters. The molecule has 0 spiro atoms. The molecule has 0 radical (unpaired) electrons. The van der Waals surface area contributed by atoms with Crippen molar-refractivity contribution in [2.24, 2.45) is 11.7 Å². The van der Waals surface area contributed by atoms with Crippen LogP contribution < -0.4 is 27.0 Å². The summed E-state index contributed by atoms with van der Waals surface area (Å²) in [6.07, 6.45) is 2.10. The molecule has 0 saturated carbocycles. The zero-order chi connectivity index (χ0) is 22.3. The Morgan fingerprint density at radius 3 is 2.47 bits per heavy atom. The lowest BCUT2D eigenvalue weighted by molar-refractivity contribution is -0.131. The number of hydrogen-bond acceptors (Lipinski definition) is 8. The Hall–Kier alpha value is -2.69. The number of hydrogen-bond donors (Lipinski definition) is 5. The molecule has 30 heavy (non-hydrogen) atoms. The van der Waals surface area contributed by atoms with E-state index in [9.17, 15) is 14.4 Å². The maximum atomic E-state index is 12.8. The van der Waals surface area contributed by atoms with Gasteiger partial charge in [0.25, 0.3) is 0 Å². The van der Waals surface area contributed by atoms with E-state index in [0.29, 0.717) is 32.2 Å². The van der Waals surface area contributed by atoms with Crippen molar-refractivity contribution in [1.29, 1.82) is 0 Å². The molecule has 2 bridgehead atoms. The lowest BCUT2D eigenvalue weighted by Gasteiger charge is -2.25. The Morgan fingerprint density at radius 2 is 1.80 bits per heavy atom. The summed E-state index contributed by atoms with van der Waals surface area (Å²) >= 11 is 5.95. The van der Waals surface area contributed by atoms with Gasteiger partial charge < -0.3 is 27.0 Å². The van der Waals surface area contributed by atoms with E-state index in [2.05, 4.69) is 36.2 Å². The molecular formula is C18H29ClN8O3. The molecule has 12 heteroatoms. The number of halogens is 1. The quantitative estimate of drug-likeness (QED) is 0.451. The third-order valence-corrected chi connectivity index (χ3v) is 4.72. The molecule has 0 fully saturated rings. The van der Waals surface area contributed by atoms with Gasteiger partial charge in [-0.1, -0.05) is 13.8 Å². The molecule has 3 amide bonds. The summed E-state index contributed by atoms with van der Waals surface area (Å²) < 4.78 is 0. The van der Waals surface area contributed by atoms with Crippen molar-refractivity contribution < 1.29 is 14.4 Å². The van der Waals surface area contributed by atoms with Crippen LogP contribution in [0, 0.1) is 5.92 Å². The molecule has 11 nitrogen and oxygen atoms in total. The number of primary amides is 1. The molecule has 1 aromatic rings. The van der Waals surface area contributed by atoms with Crippen molar-refractivity contribution in [2.45, 2.75) is 64.6 Å². The van der Waals surface area contributed by atoms with Gasteiger partial charge in [-0.3, -0.25) is 14.4 Å². The van der Waals surface area contributed by atoms with Crippen molar-refractivity contribution in [3.63, 3.8) is 0 Å². The second-order valence-corrected chi connectivity index (χ2v) is 8.03. The SMILES string of the molecule is CC(C)C[C@@H]1NC(=O)[C@H](C)Nc2nc(Cl)nc(n2)NCCCC[C@H](C(N)=O)NC1=O. The normalized spacial score (nSPS) is 23.7. The summed E-state index contributed by atoms with van der Waals surface area (Å²) in [5, 5.41) is 11.3. The molecule has 0 saturated heterocycles. The molecule has 1 aliphatic heterocycles. The van der Waals surface area contributed by atoms with Gasteiger partial charge >= 0.3 is 0 Å². The molecule has 1 aliphatic rings. The summed E-state index contributed by atoms with van der Waals surface area (Å²) in [7, 11) is 0. The lowest BCUT2D eigenvalue weighted by Crippen LogP contribution is -2.55. The third kappa shape index (κ3) is 7.29. The predicted molar refractivity (Wildman–Crippen MR) is 113 cm³/mol. The second-order valence-electron chi connectivity index (χ2n) is 7.69. The van der Waals surface area contributed by atoms with Crippen LogP contribution >= 0.6 is 11.6 Å². The van der Waals surface area contributed by atoms with E-state index in [4.69, 9.17) is 17.3 Å². The van der Waals surface area contributed by atoms with Crippen LogP contribution in [0.1, 0.15) is 46.5 Å². The number of carbonyl (C=O) groups is 3. The first-order chi connectivity index (χ1) is 14.2. The van der Waals surface area contributed by atoms with E-state index in [1.807, 2.05) is 13.8 Å². The topological polar surface area (TPSA) is 164 Å². The van der Waals surface area contributed by atoms with Crippen LogP contribution in [0.5, 0.6) is 0 Å². The number of nitrogens with two attached hydrogens (primary N) is 1. The van der Waals surface area contributed by atoms with Gasteiger partial charge in [0.2, 0.25) is 34.9 Å². The molecule has 3 atom stereocenters. The lowest BCUT2D eigenvalue weighted by atomic mass is 10.0. The summed E-state index contributed by atoms with van der Waals surface area (Å²) in [5.41, 5.74) is 5.46. The molecule has 0 aliphatic carbocycles. The number of nitrogens with one attached hydrogen (secondary N) is 4. The van der Waals surface area contributed by atoms with Crippen LogP contribution in [0.25, 0.3) is 0 Å². The number of aromatic nitrogens is 3. The number of nitrogens with zero attached hydrogens (tertiary/aromatic N) is 3. The van der Waals surface area contributed by atoms with Gasteiger partial charge in [0.1, 0.15) is 18.1 Å². The Kier molecular flexibility index (Phi) is 8.58. The van der Waals surface area contributed by atoms with Crippen LogP contribution in [-0.4, -0.2) is 57.3 Å². The molecule has 2 rings (SSSR count). The maximum absolute atomic E-state index is 12.8. The molecular weight excluding hydrogens is 412 g/mol. The summed E-state index contributed by atoms with van der Waals surface area (Å²) in [6, 6.07) is -2.37. The first-order valence-electron chi connectivity index (χ1n) is 9.97. The highest BCUT2D eigenvalue weighted by Gasteiger charge is 2.28. The molecule has 166 valence electrons. The Bertz CT molecular complexity index is 776. The van der Waals surface area contributed by atoms with Gasteiger partial charge in [-0.05, 0) is 50.1 Å².